The van der Waals surface area contributed by atoms with Gasteiger partial charge in [-0.25, -0.2) is 0 Å². The summed E-state index contributed by atoms with van der Waals surface area (Å²) in [5.41, 5.74) is 0. The molecule has 76 valence electrons. The van der Waals surface area contributed by atoms with E-state index in [1.54, 1.807) is 0 Å². The molecule has 0 bridgehead atoms. The lowest BCUT2D eigenvalue weighted by Gasteiger charge is -2.35. The predicted molar refractivity (Wildman–Crippen MR) is 50.8 cm³/mol. The van der Waals surface area contributed by atoms with Gasteiger partial charge in [-0.1, -0.05) is 0 Å². The SMILES string of the molecule is CNC1CC(OCC2CCCO2)C1. The molecule has 1 aliphatic carbocycles. The van der Waals surface area contributed by atoms with Gasteiger partial charge >= 0.3 is 0 Å². The van der Waals surface area contributed by atoms with E-state index in [0.717, 1.165) is 13.2 Å². The van der Waals surface area contributed by atoms with Crippen LogP contribution in [-0.4, -0.2) is 38.5 Å². The molecule has 1 saturated heterocycles. The summed E-state index contributed by atoms with van der Waals surface area (Å²) >= 11 is 0. The van der Waals surface area contributed by atoms with E-state index in [4.69, 9.17) is 9.47 Å². The molecular formula is C10H19NO2. The first-order valence-corrected chi connectivity index (χ1v) is 5.29. The maximum atomic E-state index is 5.73. The van der Waals surface area contributed by atoms with Crippen molar-refractivity contribution in [1.82, 2.24) is 5.32 Å². The Balaban J connectivity index is 1.54. The highest BCUT2D eigenvalue weighted by Crippen LogP contribution is 2.24. The number of ether oxygens (including phenoxy) is 2. The van der Waals surface area contributed by atoms with Crippen molar-refractivity contribution < 1.29 is 9.47 Å². The molecule has 1 saturated carbocycles. The molecule has 1 unspecified atom stereocenters. The van der Waals surface area contributed by atoms with E-state index in [2.05, 4.69) is 5.32 Å². The van der Waals surface area contributed by atoms with Crippen molar-refractivity contribution in [2.75, 3.05) is 20.3 Å². The van der Waals surface area contributed by atoms with Gasteiger partial charge in [0, 0.05) is 12.6 Å². The normalized spacial score (nSPS) is 39.0. The highest BCUT2D eigenvalue weighted by Gasteiger charge is 2.29. The Labute approximate surface area is 79.8 Å². The summed E-state index contributed by atoms with van der Waals surface area (Å²) in [6.07, 6.45) is 5.60. The minimum atomic E-state index is 0.383. The first-order chi connectivity index (χ1) is 6.38. The molecule has 2 aliphatic rings. The Morgan fingerprint density at radius 1 is 1.46 bits per heavy atom. The molecule has 1 N–H and O–H groups in total. The predicted octanol–water partition coefficient (Wildman–Crippen LogP) is 0.932. The molecule has 0 aromatic heterocycles. The van der Waals surface area contributed by atoms with Crippen LogP contribution in [0.4, 0.5) is 0 Å². The van der Waals surface area contributed by atoms with Crippen LogP contribution < -0.4 is 5.32 Å². The van der Waals surface area contributed by atoms with Crippen molar-refractivity contribution in [2.24, 2.45) is 0 Å². The third-order valence-corrected chi connectivity index (χ3v) is 3.04. The van der Waals surface area contributed by atoms with Crippen LogP contribution in [0.3, 0.4) is 0 Å². The van der Waals surface area contributed by atoms with Crippen LogP contribution in [-0.2, 0) is 9.47 Å². The first-order valence-electron chi connectivity index (χ1n) is 5.29. The molecule has 0 spiro atoms. The number of hydrogen-bond acceptors (Lipinski definition) is 3. The van der Waals surface area contributed by atoms with Crippen molar-refractivity contribution in [1.29, 1.82) is 0 Å². The van der Waals surface area contributed by atoms with E-state index < -0.39 is 0 Å². The van der Waals surface area contributed by atoms with Crippen LogP contribution in [0.2, 0.25) is 0 Å². The van der Waals surface area contributed by atoms with Crippen LogP contribution >= 0.6 is 0 Å². The van der Waals surface area contributed by atoms with Gasteiger partial charge < -0.3 is 14.8 Å². The van der Waals surface area contributed by atoms with E-state index >= 15 is 0 Å². The smallest absolute Gasteiger partial charge is 0.0809 e. The lowest BCUT2D eigenvalue weighted by Crippen LogP contribution is -2.44. The summed E-state index contributed by atoms with van der Waals surface area (Å²) in [7, 11) is 2.01. The molecule has 13 heavy (non-hydrogen) atoms. The number of nitrogens with one attached hydrogen (secondary N) is 1. The third-order valence-electron chi connectivity index (χ3n) is 3.04. The Bertz CT molecular complexity index is 151. The zero-order valence-electron chi connectivity index (χ0n) is 8.29. The monoisotopic (exact) mass is 185 g/mol. The molecule has 1 atom stereocenters. The summed E-state index contributed by atoms with van der Waals surface area (Å²) in [6.45, 7) is 1.74. The van der Waals surface area contributed by atoms with E-state index in [0.29, 0.717) is 18.2 Å². The third kappa shape index (κ3) is 2.42. The van der Waals surface area contributed by atoms with Crippen molar-refractivity contribution in [3.63, 3.8) is 0 Å². The van der Waals surface area contributed by atoms with E-state index in [1.807, 2.05) is 7.05 Å². The molecule has 0 amide bonds. The quantitative estimate of drug-likeness (QED) is 0.707. The highest BCUT2D eigenvalue weighted by molar-refractivity contribution is 4.85. The van der Waals surface area contributed by atoms with Crippen molar-refractivity contribution in [3.8, 4) is 0 Å². The molecule has 2 rings (SSSR count). The van der Waals surface area contributed by atoms with Gasteiger partial charge in [0.25, 0.3) is 0 Å². The molecule has 0 aromatic rings. The maximum absolute atomic E-state index is 5.73. The zero-order chi connectivity index (χ0) is 9.10. The Kier molecular flexibility index (Phi) is 3.19. The summed E-state index contributed by atoms with van der Waals surface area (Å²) in [5, 5.41) is 3.25. The molecule has 0 aromatic carbocycles. The van der Waals surface area contributed by atoms with Crippen LogP contribution in [0.25, 0.3) is 0 Å². The average Bonchev–Trinajstić information content (AvgIpc) is 2.54. The van der Waals surface area contributed by atoms with Gasteiger partial charge in [0.15, 0.2) is 0 Å². The Morgan fingerprint density at radius 3 is 2.92 bits per heavy atom. The van der Waals surface area contributed by atoms with Crippen LogP contribution in [0.15, 0.2) is 0 Å². The lowest BCUT2D eigenvalue weighted by atomic mass is 9.89. The molecule has 2 fully saturated rings. The summed E-state index contributed by atoms with van der Waals surface area (Å²) < 4.78 is 11.2. The molecule has 1 heterocycles. The van der Waals surface area contributed by atoms with Gasteiger partial charge in [0.05, 0.1) is 18.8 Å². The van der Waals surface area contributed by atoms with Crippen molar-refractivity contribution in [3.05, 3.63) is 0 Å². The molecule has 3 heteroatoms. The van der Waals surface area contributed by atoms with E-state index in [9.17, 15) is 0 Å². The van der Waals surface area contributed by atoms with Crippen LogP contribution in [0.5, 0.6) is 0 Å². The van der Waals surface area contributed by atoms with Gasteiger partial charge in [0.1, 0.15) is 0 Å². The lowest BCUT2D eigenvalue weighted by molar-refractivity contribution is -0.0586. The second kappa shape index (κ2) is 4.40. The largest absolute Gasteiger partial charge is 0.376 e. The van der Waals surface area contributed by atoms with Gasteiger partial charge in [-0.05, 0) is 32.7 Å². The summed E-state index contributed by atoms with van der Waals surface area (Å²) in [5.74, 6) is 0. The fraction of sp³-hybridized carbons (Fsp3) is 1.00. The molecule has 3 nitrogen and oxygen atoms in total. The molecule has 1 aliphatic heterocycles. The zero-order valence-corrected chi connectivity index (χ0v) is 8.29. The van der Waals surface area contributed by atoms with Gasteiger partial charge in [-0.15, -0.1) is 0 Å². The topological polar surface area (TPSA) is 30.5 Å². The highest BCUT2D eigenvalue weighted by atomic mass is 16.5. The standard InChI is InChI=1S/C10H19NO2/c1-11-8-5-10(6-8)13-7-9-3-2-4-12-9/h8-11H,2-7H2,1H3. The summed E-state index contributed by atoms with van der Waals surface area (Å²) in [6, 6.07) is 0.689. The van der Waals surface area contributed by atoms with Gasteiger partial charge in [-0.3, -0.25) is 0 Å². The minimum absolute atomic E-state index is 0.383. The fourth-order valence-electron chi connectivity index (χ4n) is 1.96. The molecular weight excluding hydrogens is 166 g/mol. The minimum Gasteiger partial charge on any atom is -0.376 e. The fourth-order valence-corrected chi connectivity index (χ4v) is 1.96. The maximum Gasteiger partial charge on any atom is 0.0809 e. The van der Waals surface area contributed by atoms with Gasteiger partial charge in [0.2, 0.25) is 0 Å². The molecule has 0 radical (unpaired) electrons. The van der Waals surface area contributed by atoms with Crippen LogP contribution in [0.1, 0.15) is 25.7 Å². The second-order valence-electron chi connectivity index (χ2n) is 4.05. The Hall–Kier alpha value is -0.120. The van der Waals surface area contributed by atoms with Crippen molar-refractivity contribution >= 4 is 0 Å². The van der Waals surface area contributed by atoms with Crippen molar-refractivity contribution in [2.45, 2.75) is 43.9 Å². The van der Waals surface area contributed by atoms with E-state index in [-0.39, 0.29) is 0 Å². The number of hydrogen-bond donors (Lipinski definition) is 1. The number of rotatable bonds is 4. The second-order valence-corrected chi connectivity index (χ2v) is 4.05. The van der Waals surface area contributed by atoms with Crippen LogP contribution in [0, 0.1) is 0 Å². The Morgan fingerprint density at radius 2 is 2.31 bits per heavy atom. The van der Waals surface area contributed by atoms with E-state index in [1.165, 1.54) is 25.7 Å². The average molecular weight is 185 g/mol. The van der Waals surface area contributed by atoms with Gasteiger partial charge in [-0.2, -0.15) is 0 Å². The summed E-state index contributed by atoms with van der Waals surface area (Å²) in [4.78, 5) is 0. The first kappa shape index (κ1) is 9.44.